The van der Waals surface area contributed by atoms with Crippen molar-refractivity contribution in [3.63, 3.8) is 0 Å². The Morgan fingerprint density at radius 2 is 1.82 bits per heavy atom. The summed E-state index contributed by atoms with van der Waals surface area (Å²) in [6.07, 6.45) is 2.02. The number of carbonyl (C=O) groups is 1. The van der Waals surface area contributed by atoms with Crippen LogP contribution in [-0.2, 0) is 11.2 Å². The van der Waals surface area contributed by atoms with Crippen molar-refractivity contribution in [3.05, 3.63) is 77.4 Å². The molecule has 0 saturated heterocycles. The average Bonchev–Trinajstić information content (AvgIpc) is 2.66. The van der Waals surface area contributed by atoms with E-state index >= 15 is 0 Å². The van der Waals surface area contributed by atoms with E-state index in [2.05, 4.69) is 15.6 Å². The van der Waals surface area contributed by atoms with Crippen LogP contribution in [0.5, 0.6) is 5.75 Å². The van der Waals surface area contributed by atoms with Crippen molar-refractivity contribution in [1.82, 2.24) is 4.98 Å². The van der Waals surface area contributed by atoms with E-state index in [0.717, 1.165) is 22.7 Å². The molecule has 0 aliphatic carbocycles. The number of nitrogens with one attached hydrogen (secondary N) is 2. The van der Waals surface area contributed by atoms with E-state index < -0.39 is 0 Å². The zero-order valence-corrected chi connectivity index (χ0v) is 16.5. The summed E-state index contributed by atoms with van der Waals surface area (Å²) in [4.78, 5) is 16.5. The van der Waals surface area contributed by atoms with Gasteiger partial charge in [0.25, 0.3) is 0 Å². The molecule has 28 heavy (non-hydrogen) atoms. The number of ether oxygens (including phenoxy) is 1. The van der Waals surface area contributed by atoms with Gasteiger partial charge in [-0.15, -0.1) is 0 Å². The lowest BCUT2D eigenvalue weighted by Crippen LogP contribution is -2.15. The zero-order chi connectivity index (χ0) is 19.9. The van der Waals surface area contributed by atoms with Crippen LogP contribution in [0.15, 0.2) is 66.9 Å². The second-order valence-corrected chi connectivity index (χ2v) is 7.01. The summed E-state index contributed by atoms with van der Waals surface area (Å²) in [6.45, 7) is 3.97. The number of para-hydroxylation sites is 2. The molecule has 5 nitrogen and oxygen atoms in total. The molecule has 0 spiro atoms. The first-order chi connectivity index (χ1) is 13.5. The van der Waals surface area contributed by atoms with Crippen molar-refractivity contribution < 1.29 is 9.53 Å². The molecule has 0 aliphatic heterocycles. The molecule has 0 unspecified atom stereocenters. The number of amides is 1. The number of pyridine rings is 1. The Hall–Kier alpha value is -3.05. The SMILES string of the molecule is CC(C)Oc1ccccc1Nc1ccc(NC(=O)Cc2ccc(Cl)cc2)nc1. The summed E-state index contributed by atoms with van der Waals surface area (Å²) >= 11 is 5.86. The molecule has 1 aromatic heterocycles. The second-order valence-electron chi connectivity index (χ2n) is 6.57. The minimum atomic E-state index is -0.133. The molecule has 0 fully saturated rings. The molecule has 1 amide bonds. The highest BCUT2D eigenvalue weighted by atomic mass is 35.5. The van der Waals surface area contributed by atoms with Gasteiger partial charge in [-0.25, -0.2) is 4.98 Å². The van der Waals surface area contributed by atoms with E-state index in [1.807, 2.05) is 56.3 Å². The van der Waals surface area contributed by atoms with Crippen LogP contribution in [0.1, 0.15) is 19.4 Å². The second kappa shape index (κ2) is 9.24. The van der Waals surface area contributed by atoms with Crippen LogP contribution in [0.3, 0.4) is 0 Å². The zero-order valence-electron chi connectivity index (χ0n) is 15.8. The molecule has 0 bridgehead atoms. The van der Waals surface area contributed by atoms with Crippen LogP contribution >= 0.6 is 11.6 Å². The summed E-state index contributed by atoms with van der Waals surface area (Å²) in [6, 6.07) is 18.5. The third-order valence-corrected chi connectivity index (χ3v) is 4.09. The van der Waals surface area contributed by atoms with Crippen LogP contribution in [-0.4, -0.2) is 17.0 Å². The number of hydrogen-bond donors (Lipinski definition) is 2. The maximum atomic E-state index is 12.2. The first kappa shape index (κ1) is 19.7. The van der Waals surface area contributed by atoms with Gasteiger partial charge in [0.15, 0.2) is 0 Å². The Labute approximate surface area is 169 Å². The van der Waals surface area contributed by atoms with Crippen molar-refractivity contribution in [2.24, 2.45) is 0 Å². The van der Waals surface area contributed by atoms with Gasteiger partial charge in [-0.2, -0.15) is 0 Å². The third-order valence-electron chi connectivity index (χ3n) is 3.84. The molecule has 0 radical (unpaired) electrons. The predicted molar refractivity (Wildman–Crippen MR) is 114 cm³/mol. The third kappa shape index (κ3) is 5.72. The Morgan fingerprint density at radius 1 is 1.07 bits per heavy atom. The molecular formula is C22H22ClN3O2. The summed E-state index contributed by atoms with van der Waals surface area (Å²) in [7, 11) is 0. The van der Waals surface area contributed by atoms with Crippen LogP contribution in [0.2, 0.25) is 5.02 Å². The smallest absolute Gasteiger partial charge is 0.229 e. The van der Waals surface area contributed by atoms with E-state index in [0.29, 0.717) is 10.8 Å². The molecule has 0 aliphatic rings. The summed E-state index contributed by atoms with van der Waals surface area (Å²) in [5.41, 5.74) is 2.55. The summed E-state index contributed by atoms with van der Waals surface area (Å²) in [5, 5.41) is 6.74. The van der Waals surface area contributed by atoms with Crippen LogP contribution in [0.4, 0.5) is 17.2 Å². The topological polar surface area (TPSA) is 63.2 Å². The van der Waals surface area contributed by atoms with Gasteiger partial charge in [-0.1, -0.05) is 35.9 Å². The van der Waals surface area contributed by atoms with Crippen LogP contribution < -0.4 is 15.4 Å². The van der Waals surface area contributed by atoms with Crippen LogP contribution in [0, 0.1) is 0 Å². The van der Waals surface area contributed by atoms with Gasteiger partial charge in [0.1, 0.15) is 11.6 Å². The minimum absolute atomic E-state index is 0.0827. The fraction of sp³-hybridized carbons (Fsp3) is 0.182. The van der Waals surface area contributed by atoms with E-state index in [1.165, 1.54) is 0 Å². The number of hydrogen-bond acceptors (Lipinski definition) is 4. The molecule has 0 atom stereocenters. The highest BCUT2D eigenvalue weighted by molar-refractivity contribution is 6.30. The van der Waals surface area contributed by atoms with Crippen molar-refractivity contribution in [1.29, 1.82) is 0 Å². The number of carbonyl (C=O) groups excluding carboxylic acids is 1. The lowest BCUT2D eigenvalue weighted by Gasteiger charge is -2.15. The van der Waals surface area contributed by atoms with Crippen molar-refractivity contribution in [2.75, 3.05) is 10.6 Å². The van der Waals surface area contributed by atoms with E-state index in [4.69, 9.17) is 16.3 Å². The number of anilines is 3. The first-order valence-corrected chi connectivity index (χ1v) is 9.40. The molecular weight excluding hydrogens is 374 g/mol. The van der Waals surface area contributed by atoms with Gasteiger partial charge in [-0.05, 0) is 55.8 Å². The largest absolute Gasteiger partial charge is 0.489 e. The molecule has 144 valence electrons. The Balaban J connectivity index is 1.61. The van der Waals surface area contributed by atoms with Crippen molar-refractivity contribution >= 4 is 34.7 Å². The Kier molecular flexibility index (Phi) is 6.50. The maximum absolute atomic E-state index is 12.2. The molecule has 2 N–H and O–H groups in total. The summed E-state index contributed by atoms with van der Waals surface area (Å²) in [5.74, 6) is 1.14. The Morgan fingerprint density at radius 3 is 2.50 bits per heavy atom. The van der Waals surface area contributed by atoms with E-state index in [9.17, 15) is 4.79 Å². The Bertz CT molecular complexity index is 925. The molecule has 1 heterocycles. The average molecular weight is 396 g/mol. The highest BCUT2D eigenvalue weighted by Crippen LogP contribution is 2.28. The fourth-order valence-corrected chi connectivity index (χ4v) is 2.72. The highest BCUT2D eigenvalue weighted by Gasteiger charge is 2.07. The molecule has 0 saturated carbocycles. The molecule has 3 rings (SSSR count). The van der Waals surface area contributed by atoms with Gasteiger partial charge >= 0.3 is 0 Å². The van der Waals surface area contributed by atoms with E-state index in [1.54, 1.807) is 24.4 Å². The lowest BCUT2D eigenvalue weighted by molar-refractivity contribution is -0.115. The number of rotatable bonds is 7. The normalized spacial score (nSPS) is 10.6. The quantitative estimate of drug-likeness (QED) is 0.558. The van der Waals surface area contributed by atoms with Gasteiger partial charge < -0.3 is 15.4 Å². The molecule has 6 heteroatoms. The maximum Gasteiger partial charge on any atom is 0.229 e. The summed E-state index contributed by atoms with van der Waals surface area (Å²) < 4.78 is 5.81. The minimum Gasteiger partial charge on any atom is -0.489 e. The number of aromatic nitrogens is 1. The van der Waals surface area contributed by atoms with Crippen molar-refractivity contribution in [2.45, 2.75) is 26.4 Å². The van der Waals surface area contributed by atoms with Gasteiger partial charge in [0.2, 0.25) is 5.91 Å². The number of halogens is 1. The fourth-order valence-electron chi connectivity index (χ4n) is 2.60. The number of nitrogens with zero attached hydrogens (tertiary/aromatic N) is 1. The van der Waals surface area contributed by atoms with Gasteiger partial charge in [0.05, 0.1) is 30.1 Å². The lowest BCUT2D eigenvalue weighted by atomic mass is 10.1. The first-order valence-electron chi connectivity index (χ1n) is 9.02. The monoisotopic (exact) mass is 395 g/mol. The van der Waals surface area contributed by atoms with E-state index in [-0.39, 0.29) is 18.4 Å². The van der Waals surface area contributed by atoms with Crippen LogP contribution in [0.25, 0.3) is 0 Å². The standard InChI is InChI=1S/C22H22ClN3O2/c1-15(2)28-20-6-4-3-5-19(20)25-18-11-12-21(24-14-18)26-22(27)13-16-7-9-17(23)10-8-16/h3-12,14-15,25H,13H2,1-2H3,(H,24,26,27). The van der Waals surface area contributed by atoms with Gasteiger partial charge in [0, 0.05) is 5.02 Å². The predicted octanol–water partition coefficient (Wildman–Crippen LogP) is 5.45. The van der Waals surface area contributed by atoms with Gasteiger partial charge in [-0.3, -0.25) is 4.79 Å². The van der Waals surface area contributed by atoms with Crippen molar-refractivity contribution in [3.8, 4) is 5.75 Å². The molecule has 3 aromatic rings. The molecule has 2 aromatic carbocycles. The number of benzene rings is 2.